The molecule has 0 amide bonds. The molecule has 0 aliphatic carbocycles. The van der Waals surface area contributed by atoms with E-state index >= 15 is 0 Å². The Morgan fingerprint density at radius 2 is 1.68 bits per heavy atom. The highest BCUT2D eigenvalue weighted by Crippen LogP contribution is 2.30. The quantitative estimate of drug-likeness (QED) is 0.617. The van der Waals surface area contributed by atoms with Crippen LogP contribution in [0.4, 0.5) is 5.69 Å². The Kier molecular flexibility index (Phi) is 6.07. The number of nitrogens with zero attached hydrogens (tertiary/aromatic N) is 1. The van der Waals surface area contributed by atoms with Crippen LogP contribution in [0.15, 0.2) is 65.5 Å². The lowest BCUT2D eigenvalue weighted by Gasteiger charge is -2.06. The second kappa shape index (κ2) is 8.67. The van der Waals surface area contributed by atoms with E-state index in [1.807, 2.05) is 40.4 Å². The Morgan fingerprint density at radius 3 is 2.36 bits per heavy atom. The Morgan fingerprint density at radius 1 is 1.00 bits per heavy atom. The molecule has 0 unspecified atom stereocenters. The van der Waals surface area contributed by atoms with Crippen LogP contribution in [0.1, 0.15) is 25.3 Å². The third-order valence-electron chi connectivity index (χ3n) is 4.18. The summed E-state index contributed by atoms with van der Waals surface area (Å²) in [5.41, 5.74) is 3.22. The number of rotatable bonds is 8. The minimum absolute atomic E-state index is 0.102. The Bertz CT molecular complexity index is 837. The van der Waals surface area contributed by atoms with Crippen molar-refractivity contribution in [2.45, 2.75) is 32.7 Å². The summed E-state index contributed by atoms with van der Waals surface area (Å²) in [5, 5.41) is 3.40. The molecule has 2 aromatic carbocycles. The third-order valence-corrected chi connectivity index (χ3v) is 5.37. The van der Waals surface area contributed by atoms with Crippen LogP contribution in [0.2, 0.25) is 0 Å². The second-order valence-electron chi connectivity index (χ2n) is 6.08. The van der Waals surface area contributed by atoms with E-state index in [0.29, 0.717) is 0 Å². The normalized spacial score (nSPS) is 10.8. The van der Waals surface area contributed by atoms with Gasteiger partial charge < -0.3 is 5.32 Å². The maximum atomic E-state index is 12.8. The fourth-order valence-corrected chi connectivity index (χ4v) is 3.89. The van der Waals surface area contributed by atoms with E-state index in [2.05, 4.69) is 36.5 Å². The van der Waals surface area contributed by atoms with Gasteiger partial charge in [0, 0.05) is 13.1 Å². The van der Waals surface area contributed by atoms with Crippen LogP contribution in [0.25, 0.3) is 10.4 Å². The SMILES string of the molecule is CCCCn1sc(-c2ccccc2)c(NCCc2ccccc2)c1=O. The summed E-state index contributed by atoms with van der Waals surface area (Å²) in [7, 11) is 0. The summed E-state index contributed by atoms with van der Waals surface area (Å²) in [5.74, 6) is 0. The van der Waals surface area contributed by atoms with Gasteiger partial charge in [-0.15, -0.1) is 0 Å². The van der Waals surface area contributed by atoms with Crippen molar-refractivity contribution in [3.05, 3.63) is 76.6 Å². The van der Waals surface area contributed by atoms with E-state index in [9.17, 15) is 4.79 Å². The van der Waals surface area contributed by atoms with Crippen molar-refractivity contribution in [1.82, 2.24) is 3.96 Å². The zero-order valence-electron chi connectivity index (χ0n) is 14.6. The molecule has 0 spiro atoms. The molecular weight excluding hydrogens is 328 g/mol. The van der Waals surface area contributed by atoms with E-state index in [-0.39, 0.29) is 5.56 Å². The minimum Gasteiger partial charge on any atom is -0.379 e. The van der Waals surface area contributed by atoms with Gasteiger partial charge >= 0.3 is 0 Å². The van der Waals surface area contributed by atoms with Gasteiger partial charge in [0.05, 0.1) is 4.88 Å². The van der Waals surface area contributed by atoms with Crippen LogP contribution in [0.5, 0.6) is 0 Å². The Hall–Kier alpha value is -2.33. The fourth-order valence-electron chi connectivity index (χ4n) is 2.79. The van der Waals surface area contributed by atoms with E-state index in [0.717, 1.165) is 48.5 Å². The van der Waals surface area contributed by atoms with Gasteiger partial charge in [0.2, 0.25) is 0 Å². The van der Waals surface area contributed by atoms with Gasteiger partial charge in [-0.25, -0.2) is 0 Å². The lowest BCUT2D eigenvalue weighted by Crippen LogP contribution is -2.18. The van der Waals surface area contributed by atoms with E-state index in [1.165, 1.54) is 5.56 Å². The first-order valence-corrected chi connectivity index (χ1v) is 9.64. The van der Waals surface area contributed by atoms with Gasteiger partial charge in [0.15, 0.2) is 0 Å². The van der Waals surface area contributed by atoms with Crippen molar-refractivity contribution >= 4 is 17.2 Å². The van der Waals surface area contributed by atoms with E-state index in [4.69, 9.17) is 0 Å². The molecule has 0 fully saturated rings. The molecule has 3 aromatic rings. The highest BCUT2D eigenvalue weighted by Gasteiger charge is 2.16. The standard InChI is InChI=1S/C21H24N2OS/c1-2-3-16-23-21(24)19(20(25-23)18-12-8-5-9-13-18)22-15-14-17-10-6-4-7-11-17/h4-13,22H,2-3,14-16H2,1H3. The van der Waals surface area contributed by atoms with Crippen LogP contribution in [0.3, 0.4) is 0 Å². The maximum absolute atomic E-state index is 12.8. The van der Waals surface area contributed by atoms with E-state index < -0.39 is 0 Å². The van der Waals surface area contributed by atoms with Gasteiger partial charge in [-0.3, -0.25) is 8.75 Å². The molecule has 4 heteroatoms. The highest BCUT2D eigenvalue weighted by molar-refractivity contribution is 7.10. The summed E-state index contributed by atoms with van der Waals surface area (Å²) >= 11 is 1.57. The molecule has 0 atom stereocenters. The molecule has 130 valence electrons. The van der Waals surface area contributed by atoms with Crippen LogP contribution in [0, 0.1) is 0 Å². The predicted octanol–water partition coefficient (Wildman–Crippen LogP) is 5.03. The van der Waals surface area contributed by atoms with Gasteiger partial charge in [0.25, 0.3) is 5.56 Å². The van der Waals surface area contributed by atoms with Crippen molar-refractivity contribution in [1.29, 1.82) is 0 Å². The molecule has 0 saturated carbocycles. The average Bonchev–Trinajstić information content (AvgIpc) is 2.98. The summed E-state index contributed by atoms with van der Waals surface area (Å²) in [6.45, 7) is 3.69. The molecule has 0 bridgehead atoms. The summed E-state index contributed by atoms with van der Waals surface area (Å²) < 4.78 is 1.89. The fraction of sp³-hybridized carbons (Fsp3) is 0.286. The van der Waals surface area contributed by atoms with Crippen molar-refractivity contribution in [2.75, 3.05) is 11.9 Å². The van der Waals surface area contributed by atoms with E-state index in [1.54, 1.807) is 11.5 Å². The first kappa shape index (κ1) is 17.5. The predicted molar refractivity (Wildman–Crippen MR) is 108 cm³/mol. The summed E-state index contributed by atoms with van der Waals surface area (Å²) in [6, 6.07) is 20.5. The monoisotopic (exact) mass is 352 g/mol. The number of aromatic nitrogens is 1. The number of nitrogens with one attached hydrogen (secondary N) is 1. The first-order chi connectivity index (χ1) is 12.3. The zero-order chi connectivity index (χ0) is 17.5. The molecule has 1 N–H and O–H groups in total. The molecule has 1 heterocycles. The number of hydrogen-bond acceptors (Lipinski definition) is 3. The molecule has 0 aliphatic rings. The topological polar surface area (TPSA) is 34.0 Å². The first-order valence-electron chi connectivity index (χ1n) is 8.87. The van der Waals surface area contributed by atoms with Gasteiger partial charge in [-0.05, 0) is 24.0 Å². The lowest BCUT2D eigenvalue weighted by molar-refractivity contribution is 0.658. The van der Waals surface area contributed by atoms with Crippen LogP contribution in [-0.2, 0) is 13.0 Å². The summed E-state index contributed by atoms with van der Waals surface area (Å²) in [4.78, 5) is 13.9. The second-order valence-corrected chi connectivity index (χ2v) is 7.12. The molecule has 0 aliphatic heterocycles. The molecule has 25 heavy (non-hydrogen) atoms. The van der Waals surface area contributed by atoms with Crippen LogP contribution < -0.4 is 10.9 Å². The zero-order valence-corrected chi connectivity index (χ0v) is 15.4. The Labute approximate surface area is 153 Å². The number of hydrogen-bond donors (Lipinski definition) is 1. The lowest BCUT2D eigenvalue weighted by atomic mass is 10.1. The number of aryl methyl sites for hydroxylation is 1. The Balaban J connectivity index is 1.82. The highest BCUT2D eigenvalue weighted by atomic mass is 32.1. The van der Waals surface area contributed by atoms with Crippen LogP contribution >= 0.6 is 11.5 Å². The van der Waals surface area contributed by atoms with Gasteiger partial charge in [-0.2, -0.15) is 0 Å². The molecule has 1 aromatic heterocycles. The number of benzene rings is 2. The van der Waals surface area contributed by atoms with Crippen molar-refractivity contribution < 1.29 is 0 Å². The molecule has 3 rings (SSSR count). The van der Waals surface area contributed by atoms with Crippen LogP contribution in [-0.4, -0.2) is 10.5 Å². The molecule has 3 nitrogen and oxygen atoms in total. The summed E-state index contributed by atoms with van der Waals surface area (Å²) in [6.07, 6.45) is 3.01. The largest absolute Gasteiger partial charge is 0.379 e. The molecule has 0 saturated heterocycles. The average molecular weight is 353 g/mol. The maximum Gasteiger partial charge on any atom is 0.284 e. The van der Waals surface area contributed by atoms with Gasteiger partial charge in [-0.1, -0.05) is 85.5 Å². The van der Waals surface area contributed by atoms with Gasteiger partial charge in [0.1, 0.15) is 5.69 Å². The minimum atomic E-state index is 0.102. The molecular formula is C21H24N2OS. The number of anilines is 1. The number of unbranched alkanes of at least 4 members (excludes halogenated alkanes) is 1. The van der Waals surface area contributed by atoms with Crippen molar-refractivity contribution in [3.63, 3.8) is 0 Å². The van der Waals surface area contributed by atoms with Crippen molar-refractivity contribution in [2.24, 2.45) is 0 Å². The smallest absolute Gasteiger partial charge is 0.284 e. The third kappa shape index (κ3) is 4.40. The molecule has 0 radical (unpaired) electrons. The van der Waals surface area contributed by atoms with Crippen molar-refractivity contribution in [3.8, 4) is 10.4 Å².